The Labute approximate surface area is 317 Å². The molecule has 3 fully saturated rings. The Hall–Kier alpha value is -5.83. The molecule has 1 atom stereocenters. The van der Waals surface area contributed by atoms with E-state index >= 15 is 0 Å². The first-order valence-corrected chi connectivity index (χ1v) is 19.2. The third-order valence-corrected chi connectivity index (χ3v) is 11.9. The molecule has 1 unspecified atom stereocenters. The lowest BCUT2D eigenvalue weighted by molar-refractivity contribution is -0.136. The summed E-state index contributed by atoms with van der Waals surface area (Å²) in [5, 5.41) is 15.4. The molecular weight excluding hydrogens is 701 g/mol. The minimum atomic E-state index is -0.598. The molecule has 1 saturated carbocycles. The van der Waals surface area contributed by atoms with E-state index < -0.39 is 6.04 Å². The number of imide groups is 1. The van der Waals surface area contributed by atoms with Crippen molar-refractivity contribution in [2.45, 2.75) is 63.6 Å². The monoisotopic (exact) mass is 744 g/mol. The Bertz CT molecular complexity index is 2300. The summed E-state index contributed by atoms with van der Waals surface area (Å²) in [6.07, 6.45) is 11.5. The number of imidazole rings is 1. The summed E-state index contributed by atoms with van der Waals surface area (Å²) in [5.74, 6) is 0.526. The van der Waals surface area contributed by atoms with Gasteiger partial charge in [0, 0.05) is 74.2 Å². The second-order valence-corrected chi connectivity index (χ2v) is 15.1. The zero-order chi connectivity index (χ0) is 37.6. The number of piperazine rings is 1. The van der Waals surface area contributed by atoms with Crippen molar-refractivity contribution >= 4 is 51.7 Å². The molecule has 4 aliphatic rings. The van der Waals surface area contributed by atoms with E-state index in [2.05, 4.69) is 47.5 Å². The van der Waals surface area contributed by atoms with E-state index in [1.54, 1.807) is 35.0 Å². The van der Waals surface area contributed by atoms with Crippen LogP contribution in [0.15, 0.2) is 61.1 Å². The summed E-state index contributed by atoms with van der Waals surface area (Å²) < 4.78 is 9.28. The lowest BCUT2D eigenvalue weighted by Crippen LogP contribution is -2.52. The molecule has 2 saturated heterocycles. The van der Waals surface area contributed by atoms with E-state index in [1.165, 1.54) is 6.42 Å². The Morgan fingerprint density at radius 1 is 1.00 bits per heavy atom. The van der Waals surface area contributed by atoms with Crippen molar-refractivity contribution in [3.63, 3.8) is 0 Å². The molecule has 9 rings (SSSR count). The number of amides is 4. The smallest absolute Gasteiger partial charge is 0.260 e. The molecule has 15 heteroatoms. The molecule has 4 amide bonds. The largest absolute Gasteiger partial charge is 0.496 e. The zero-order valence-corrected chi connectivity index (χ0v) is 30.8. The number of hydrogen-bond acceptors (Lipinski definition) is 10. The van der Waals surface area contributed by atoms with Gasteiger partial charge in [-0.25, -0.2) is 4.98 Å². The Kier molecular flexibility index (Phi) is 9.16. The number of benzene rings is 2. The van der Waals surface area contributed by atoms with Gasteiger partial charge in [-0.15, -0.1) is 0 Å². The average molecular weight is 745 g/mol. The maximum atomic E-state index is 13.4. The van der Waals surface area contributed by atoms with Crippen molar-refractivity contribution in [3.8, 4) is 5.75 Å². The van der Waals surface area contributed by atoms with E-state index in [-0.39, 0.29) is 30.0 Å². The number of methoxy groups -OCH3 is 1. The predicted molar refractivity (Wildman–Crippen MR) is 204 cm³/mol. The molecule has 5 aromatic rings. The molecule has 55 heavy (non-hydrogen) atoms. The minimum Gasteiger partial charge on any atom is -0.496 e. The predicted octanol–water partition coefficient (Wildman–Crippen LogP) is 4.04. The third-order valence-electron chi connectivity index (χ3n) is 11.9. The Morgan fingerprint density at radius 2 is 1.84 bits per heavy atom. The molecule has 6 heterocycles. The van der Waals surface area contributed by atoms with Gasteiger partial charge in [0.25, 0.3) is 11.8 Å². The number of ether oxygens (including phenoxy) is 1. The van der Waals surface area contributed by atoms with Crippen molar-refractivity contribution in [1.29, 1.82) is 0 Å². The lowest BCUT2D eigenvalue weighted by Gasteiger charge is -2.37. The SMILES string of the molecule is COc1cc2nn(C3CCC(CCN4CCN(c5ccc6c(c5)C(=O)N(C5CCC(=O)NC5=O)C6)CC4)CC3)cc2cc1C(=O)Nc1cnc2cccnn12. The van der Waals surface area contributed by atoms with Crippen LogP contribution in [-0.4, -0.2) is 104 Å². The van der Waals surface area contributed by atoms with Crippen molar-refractivity contribution in [2.24, 2.45) is 5.92 Å². The molecule has 3 aromatic heterocycles. The maximum Gasteiger partial charge on any atom is 0.260 e. The third kappa shape index (κ3) is 6.77. The van der Waals surface area contributed by atoms with Crippen LogP contribution in [0.25, 0.3) is 16.6 Å². The summed E-state index contributed by atoms with van der Waals surface area (Å²) in [4.78, 5) is 61.6. The van der Waals surface area contributed by atoms with Gasteiger partial charge in [0.05, 0.1) is 30.4 Å². The number of carbonyl (C=O) groups is 4. The van der Waals surface area contributed by atoms with Crippen LogP contribution in [0.4, 0.5) is 11.5 Å². The second kappa shape index (κ2) is 14.4. The molecule has 0 radical (unpaired) electrons. The van der Waals surface area contributed by atoms with E-state index in [9.17, 15) is 19.2 Å². The van der Waals surface area contributed by atoms with Gasteiger partial charge in [0.15, 0.2) is 11.5 Å². The summed E-state index contributed by atoms with van der Waals surface area (Å²) in [7, 11) is 1.56. The van der Waals surface area contributed by atoms with Gasteiger partial charge in [0.1, 0.15) is 11.8 Å². The maximum absolute atomic E-state index is 13.4. The van der Waals surface area contributed by atoms with Crippen LogP contribution in [0.1, 0.15) is 77.3 Å². The fourth-order valence-electron chi connectivity index (χ4n) is 8.74. The number of carbonyl (C=O) groups excluding carboxylic acids is 4. The first-order chi connectivity index (χ1) is 26.8. The topological polar surface area (TPSA) is 159 Å². The number of fused-ring (bicyclic) bond motifs is 3. The van der Waals surface area contributed by atoms with E-state index in [0.29, 0.717) is 53.3 Å². The standard InChI is InChI=1S/C40H44N10O5/c1-55-34-21-32-27(19-31(34)38(52)43-36-22-41-35-3-2-13-42-50(35)36)24-49(45-32)28-7-4-25(5-8-28)12-14-46-15-17-47(18-16-46)29-9-6-26-23-48(40(54)30(26)20-29)33-10-11-37(51)44-39(33)53/h2-3,6,9,13,19-22,24-25,28,33H,4-5,7-8,10-12,14-18,23H2,1H3,(H,43,52)(H,44,51,53). The summed E-state index contributed by atoms with van der Waals surface area (Å²) in [6.45, 7) is 5.22. The first-order valence-electron chi connectivity index (χ1n) is 19.2. The van der Waals surface area contributed by atoms with E-state index in [4.69, 9.17) is 9.84 Å². The van der Waals surface area contributed by atoms with Gasteiger partial charge < -0.3 is 19.9 Å². The number of piperidine rings is 1. The second-order valence-electron chi connectivity index (χ2n) is 15.1. The van der Waals surface area contributed by atoms with Gasteiger partial charge in [-0.2, -0.15) is 14.7 Å². The van der Waals surface area contributed by atoms with Gasteiger partial charge >= 0.3 is 0 Å². The van der Waals surface area contributed by atoms with Crippen LogP contribution in [-0.2, 0) is 16.1 Å². The summed E-state index contributed by atoms with van der Waals surface area (Å²) >= 11 is 0. The highest BCUT2D eigenvalue weighted by molar-refractivity contribution is 6.08. The van der Waals surface area contributed by atoms with Crippen molar-refractivity contribution < 1.29 is 23.9 Å². The van der Waals surface area contributed by atoms with Gasteiger partial charge in [-0.1, -0.05) is 6.07 Å². The molecule has 1 aliphatic carbocycles. The fourth-order valence-corrected chi connectivity index (χ4v) is 8.74. The molecule has 2 aromatic carbocycles. The Morgan fingerprint density at radius 3 is 2.64 bits per heavy atom. The van der Waals surface area contributed by atoms with E-state index in [0.717, 1.165) is 80.6 Å². The van der Waals surface area contributed by atoms with Crippen LogP contribution in [0.2, 0.25) is 0 Å². The number of anilines is 2. The summed E-state index contributed by atoms with van der Waals surface area (Å²) in [6, 6.07) is 13.1. The van der Waals surface area contributed by atoms with Crippen LogP contribution in [0.3, 0.4) is 0 Å². The van der Waals surface area contributed by atoms with Crippen molar-refractivity contribution in [1.82, 2.24) is 39.5 Å². The molecular formula is C40H44N10O5. The van der Waals surface area contributed by atoms with Gasteiger partial charge in [-0.3, -0.25) is 34.1 Å². The van der Waals surface area contributed by atoms with Crippen LogP contribution in [0.5, 0.6) is 5.75 Å². The van der Waals surface area contributed by atoms with Crippen LogP contribution in [0, 0.1) is 5.92 Å². The van der Waals surface area contributed by atoms with Crippen molar-refractivity contribution in [2.75, 3.05) is 50.1 Å². The number of nitrogens with zero attached hydrogens (tertiary/aromatic N) is 8. The van der Waals surface area contributed by atoms with Crippen LogP contribution < -0.4 is 20.3 Å². The highest BCUT2D eigenvalue weighted by Gasteiger charge is 2.39. The number of aromatic nitrogens is 5. The number of hydrogen-bond donors (Lipinski definition) is 2. The molecule has 284 valence electrons. The molecule has 2 N–H and O–H groups in total. The molecule has 3 aliphatic heterocycles. The highest BCUT2D eigenvalue weighted by atomic mass is 16.5. The van der Waals surface area contributed by atoms with Gasteiger partial charge in [-0.05, 0) is 86.9 Å². The Balaban J connectivity index is 0.756. The number of nitrogens with one attached hydrogen (secondary N) is 2. The molecule has 15 nitrogen and oxygen atoms in total. The van der Waals surface area contributed by atoms with Gasteiger partial charge in [0.2, 0.25) is 11.8 Å². The molecule has 0 spiro atoms. The molecule has 0 bridgehead atoms. The number of rotatable bonds is 9. The van der Waals surface area contributed by atoms with Crippen molar-refractivity contribution in [3.05, 3.63) is 77.7 Å². The minimum absolute atomic E-state index is 0.131. The fraction of sp³-hybridized carbons (Fsp3) is 0.425. The lowest BCUT2D eigenvalue weighted by atomic mass is 9.84. The van der Waals surface area contributed by atoms with E-state index in [1.807, 2.05) is 30.3 Å². The van der Waals surface area contributed by atoms with Crippen LogP contribution >= 0.6 is 0 Å². The normalized spacial score (nSPS) is 22.0. The average Bonchev–Trinajstić information content (AvgIpc) is 3.91. The zero-order valence-electron chi connectivity index (χ0n) is 30.8. The first kappa shape index (κ1) is 34.9. The summed E-state index contributed by atoms with van der Waals surface area (Å²) in [5.41, 5.74) is 4.50. The highest BCUT2D eigenvalue weighted by Crippen LogP contribution is 2.36. The quantitative estimate of drug-likeness (QED) is 0.211.